The van der Waals surface area contributed by atoms with E-state index in [1.165, 1.54) is 11.6 Å². The zero-order valence-corrected chi connectivity index (χ0v) is 16.8. The third-order valence-corrected chi connectivity index (χ3v) is 5.44. The van der Waals surface area contributed by atoms with Gasteiger partial charge in [-0.2, -0.15) is 0 Å². The smallest absolute Gasteiger partial charge is 0.332 e. The lowest BCUT2D eigenvalue weighted by atomic mass is 9.96. The normalized spacial score (nSPS) is 19.6. The van der Waals surface area contributed by atoms with E-state index in [4.69, 9.17) is 15.2 Å². The largest absolute Gasteiger partial charge is 0.384 e. The number of anilines is 1. The molecule has 0 atom stereocenters. The van der Waals surface area contributed by atoms with Crippen LogP contribution in [0, 0.1) is 11.8 Å². The van der Waals surface area contributed by atoms with Gasteiger partial charge in [0.2, 0.25) is 0 Å². The molecular weight excluding hydrogens is 364 g/mol. The highest BCUT2D eigenvalue weighted by Gasteiger charge is 2.31. The van der Waals surface area contributed by atoms with Crippen molar-refractivity contribution in [1.82, 2.24) is 14.0 Å². The van der Waals surface area contributed by atoms with Gasteiger partial charge in [0, 0.05) is 19.5 Å². The van der Waals surface area contributed by atoms with Gasteiger partial charge in [-0.05, 0) is 31.8 Å². The number of ketones is 1. The minimum atomic E-state index is -0.629. The lowest BCUT2D eigenvalue weighted by Gasteiger charge is -2.33. The van der Waals surface area contributed by atoms with E-state index in [9.17, 15) is 14.4 Å². The third kappa shape index (κ3) is 4.21. The van der Waals surface area contributed by atoms with Gasteiger partial charge in [-0.1, -0.05) is 13.8 Å². The maximum atomic E-state index is 12.9. The molecule has 2 fully saturated rings. The van der Waals surface area contributed by atoms with Crippen molar-refractivity contribution < 1.29 is 14.3 Å². The fourth-order valence-corrected chi connectivity index (χ4v) is 3.90. The van der Waals surface area contributed by atoms with Crippen LogP contribution >= 0.6 is 0 Å². The summed E-state index contributed by atoms with van der Waals surface area (Å²) in [7, 11) is 1.38. The van der Waals surface area contributed by atoms with Crippen LogP contribution in [0.15, 0.2) is 9.59 Å². The van der Waals surface area contributed by atoms with E-state index in [0.29, 0.717) is 25.7 Å². The number of carbonyl (C=O) groups is 1. The molecular formula is C19H30N4O5. The molecule has 1 aromatic rings. The van der Waals surface area contributed by atoms with Crippen LogP contribution in [0.4, 0.5) is 5.82 Å². The molecule has 0 radical (unpaired) electrons. The SMILES string of the molecule is CC(C)Cn1c(N)c(C(=O)CN2CCC(C3OCCO3)CC2)c(=O)n(C)c1=O. The molecule has 2 aliphatic rings. The summed E-state index contributed by atoms with van der Waals surface area (Å²) in [5, 5.41) is 0. The van der Waals surface area contributed by atoms with Gasteiger partial charge in [0.15, 0.2) is 12.1 Å². The average Bonchev–Trinajstić information content (AvgIpc) is 3.19. The molecule has 0 aromatic carbocycles. The molecule has 3 rings (SSSR count). The van der Waals surface area contributed by atoms with Crippen molar-refractivity contribution in [2.45, 2.75) is 39.5 Å². The Balaban J connectivity index is 1.73. The molecule has 2 saturated heterocycles. The maximum absolute atomic E-state index is 12.9. The number of Topliss-reactive ketones (excluding diaryl/α,β-unsaturated/α-hetero) is 1. The Morgan fingerprint density at radius 3 is 2.36 bits per heavy atom. The van der Waals surface area contributed by atoms with Crippen molar-refractivity contribution >= 4 is 11.6 Å². The molecule has 28 heavy (non-hydrogen) atoms. The van der Waals surface area contributed by atoms with E-state index in [2.05, 4.69) is 0 Å². The molecule has 0 amide bonds. The summed E-state index contributed by atoms with van der Waals surface area (Å²) in [6.45, 7) is 7.08. The quantitative estimate of drug-likeness (QED) is 0.679. The lowest BCUT2D eigenvalue weighted by Crippen LogP contribution is -2.45. The molecule has 9 heteroatoms. The second-order valence-corrected chi connectivity index (χ2v) is 8.06. The summed E-state index contributed by atoms with van der Waals surface area (Å²) in [4.78, 5) is 39.8. The van der Waals surface area contributed by atoms with Crippen LogP contribution in [0.25, 0.3) is 0 Å². The number of likely N-dealkylation sites (tertiary alicyclic amines) is 1. The summed E-state index contributed by atoms with van der Waals surface area (Å²) < 4.78 is 13.4. The molecule has 1 aromatic heterocycles. The number of carbonyl (C=O) groups excluding carboxylic acids is 1. The van der Waals surface area contributed by atoms with Gasteiger partial charge in [-0.15, -0.1) is 0 Å². The fraction of sp³-hybridized carbons (Fsp3) is 0.737. The Kier molecular flexibility index (Phi) is 6.36. The van der Waals surface area contributed by atoms with Crippen molar-refractivity contribution in [1.29, 1.82) is 0 Å². The first-order valence-corrected chi connectivity index (χ1v) is 9.87. The summed E-state index contributed by atoms with van der Waals surface area (Å²) >= 11 is 0. The van der Waals surface area contributed by atoms with Crippen LogP contribution in [0.5, 0.6) is 0 Å². The minimum absolute atomic E-state index is 0.0329. The van der Waals surface area contributed by atoms with Crippen molar-refractivity contribution in [3.63, 3.8) is 0 Å². The third-order valence-electron chi connectivity index (χ3n) is 5.44. The van der Waals surface area contributed by atoms with Gasteiger partial charge in [-0.25, -0.2) is 4.79 Å². The number of aromatic nitrogens is 2. The Morgan fingerprint density at radius 2 is 1.79 bits per heavy atom. The van der Waals surface area contributed by atoms with E-state index in [0.717, 1.165) is 30.5 Å². The number of rotatable bonds is 6. The van der Waals surface area contributed by atoms with Crippen LogP contribution in [-0.4, -0.2) is 59.0 Å². The van der Waals surface area contributed by atoms with Crippen molar-refractivity contribution in [3.05, 3.63) is 26.4 Å². The van der Waals surface area contributed by atoms with Gasteiger partial charge in [-0.3, -0.25) is 23.6 Å². The van der Waals surface area contributed by atoms with Gasteiger partial charge >= 0.3 is 5.69 Å². The Labute approximate surface area is 164 Å². The van der Waals surface area contributed by atoms with E-state index in [-0.39, 0.29) is 35.9 Å². The molecule has 2 N–H and O–H groups in total. The molecule has 2 aliphatic heterocycles. The number of nitrogens with two attached hydrogens (primary N) is 1. The average molecular weight is 394 g/mol. The van der Waals surface area contributed by atoms with Crippen molar-refractivity contribution in [3.8, 4) is 0 Å². The Bertz CT molecular complexity index is 830. The standard InChI is InChI=1S/C19H30N4O5/c1-12(2)10-23-16(20)15(17(25)21(3)19(23)26)14(24)11-22-6-4-13(5-7-22)18-27-8-9-28-18/h12-13,18H,4-11,20H2,1-3H3. The predicted octanol–water partition coefficient (Wildman–Crippen LogP) is 0.0528. The number of hydrogen-bond acceptors (Lipinski definition) is 7. The van der Waals surface area contributed by atoms with Crippen molar-refractivity contribution in [2.24, 2.45) is 18.9 Å². The van der Waals surface area contributed by atoms with Gasteiger partial charge in [0.1, 0.15) is 11.4 Å². The summed E-state index contributed by atoms with van der Waals surface area (Å²) in [6, 6.07) is 0. The lowest BCUT2D eigenvalue weighted by molar-refractivity contribution is -0.0968. The van der Waals surface area contributed by atoms with Crippen LogP contribution < -0.4 is 17.0 Å². The maximum Gasteiger partial charge on any atom is 0.332 e. The molecule has 156 valence electrons. The Morgan fingerprint density at radius 1 is 1.18 bits per heavy atom. The fourth-order valence-electron chi connectivity index (χ4n) is 3.90. The van der Waals surface area contributed by atoms with E-state index in [1.807, 2.05) is 18.7 Å². The second-order valence-electron chi connectivity index (χ2n) is 8.06. The number of nitrogens with zero attached hydrogens (tertiary/aromatic N) is 3. The molecule has 0 saturated carbocycles. The van der Waals surface area contributed by atoms with E-state index >= 15 is 0 Å². The molecule has 3 heterocycles. The number of hydrogen-bond donors (Lipinski definition) is 1. The monoisotopic (exact) mass is 394 g/mol. The van der Waals surface area contributed by atoms with Crippen molar-refractivity contribution in [2.75, 3.05) is 38.6 Å². The first kappa shape index (κ1) is 20.8. The van der Waals surface area contributed by atoms with E-state index in [1.54, 1.807) is 0 Å². The molecule has 9 nitrogen and oxygen atoms in total. The first-order chi connectivity index (χ1) is 13.3. The summed E-state index contributed by atoms with van der Waals surface area (Å²) in [6.07, 6.45) is 1.61. The van der Waals surface area contributed by atoms with Gasteiger partial charge in [0.05, 0.1) is 19.8 Å². The van der Waals surface area contributed by atoms with Crippen LogP contribution in [-0.2, 0) is 23.1 Å². The van der Waals surface area contributed by atoms with E-state index < -0.39 is 11.2 Å². The van der Waals surface area contributed by atoms with Crippen LogP contribution in [0.2, 0.25) is 0 Å². The zero-order valence-electron chi connectivity index (χ0n) is 16.8. The highest BCUT2D eigenvalue weighted by molar-refractivity contribution is 6.01. The first-order valence-electron chi connectivity index (χ1n) is 9.87. The molecule has 0 aliphatic carbocycles. The molecule has 0 spiro atoms. The van der Waals surface area contributed by atoms with Gasteiger partial charge < -0.3 is 15.2 Å². The number of ether oxygens (including phenoxy) is 2. The second kappa shape index (κ2) is 8.59. The number of piperidine rings is 1. The van der Waals surface area contributed by atoms with Crippen LogP contribution in [0.3, 0.4) is 0 Å². The zero-order chi connectivity index (χ0) is 20.4. The summed E-state index contributed by atoms with van der Waals surface area (Å²) in [5.74, 6) is 0.108. The van der Waals surface area contributed by atoms with Gasteiger partial charge in [0.25, 0.3) is 5.56 Å². The highest BCUT2D eigenvalue weighted by Crippen LogP contribution is 2.25. The number of nitrogen functional groups attached to an aromatic ring is 1. The Hall–Kier alpha value is -1.97. The molecule has 0 unspecified atom stereocenters. The van der Waals surface area contributed by atoms with Crippen LogP contribution in [0.1, 0.15) is 37.0 Å². The molecule has 0 bridgehead atoms. The summed E-state index contributed by atoms with van der Waals surface area (Å²) in [5.41, 5.74) is 4.88. The minimum Gasteiger partial charge on any atom is -0.384 e. The highest BCUT2D eigenvalue weighted by atomic mass is 16.7. The topological polar surface area (TPSA) is 109 Å². The predicted molar refractivity (Wildman–Crippen MR) is 104 cm³/mol.